The smallest absolute Gasteiger partial charge is 0.354 e. The van der Waals surface area contributed by atoms with Crippen LogP contribution in [0.1, 0.15) is 27.7 Å². The lowest BCUT2D eigenvalue weighted by Crippen LogP contribution is -2.64. The fraction of sp³-hybridized carbons (Fsp3) is 0.688. The molecule has 0 radical (unpaired) electrons. The number of amides is 1. The first kappa shape index (κ1) is 21.9. The third kappa shape index (κ3) is 3.89. The van der Waals surface area contributed by atoms with Crippen molar-refractivity contribution in [3.63, 3.8) is 0 Å². The fourth-order valence-electron chi connectivity index (χ4n) is 2.67. The zero-order valence-corrected chi connectivity index (χ0v) is 19.4. The van der Waals surface area contributed by atoms with Gasteiger partial charge in [0.1, 0.15) is 0 Å². The number of rotatable bonds is 6. The average molecular weight is 436 g/mol. The molecule has 1 amide bonds. The maximum atomic E-state index is 12.8. The fourth-order valence-corrected chi connectivity index (χ4v) is 6.74. The van der Waals surface area contributed by atoms with E-state index in [0.29, 0.717) is 4.24 Å². The van der Waals surface area contributed by atoms with E-state index in [1.165, 1.54) is 16.7 Å². The van der Waals surface area contributed by atoms with Crippen LogP contribution in [0.2, 0.25) is 18.1 Å². The standard InChI is InChI=1S/C16H25NO5S3Si/c1-8(22-26(6,7)16(2,3)4)9-11(18)17(12(9)23-5)10(13(19)20)14-24-15(21)25-14/h8-9,12H,1-7H3,(H,19,20). The van der Waals surface area contributed by atoms with E-state index in [0.717, 1.165) is 23.5 Å². The number of carboxylic acids is 1. The van der Waals surface area contributed by atoms with E-state index in [4.69, 9.17) is 4.43 Å². The van der Waals surface area contributed by atoms with Crippen molar-refractivity contribution in [2.45, 2.75) is 57.3 Å². The lowest BCUT2D eigenvalue weighted by molar-refractivity contribution is -0.156. The molecule has 2 rings (SSSR count). The Bertz CT molecular complexity index is 663. The van der Waals surface area contributed by atoms with Crippen molar-refractivity contribution in [2.24, 2.45) is 5.92 Å². The third-order valence-corrected chi connectivity index (χ3v) is 12.8. The van der Waals surface area contributed by atoms with Gasteiger partial charge >= 0.3 is 5.97 Å². The summed E-state index contributed by atoms with van der Waals surface area (Å²) in [7, 11) is -2.04. The van der Waals surface area contributed by atoms with E-state index < -0.39 is 14.3 Å². The summed E-state index contributed by atoms with van der Waals surface area (Å²) in [6, 6.07) is 0. The highest BCUT2D eigenvalue weighted by Crippen LogP contribution is 2.52. The molecule has 3 unspecified atom stereocenters. The summed E-state index contributed by atoms with van der Waals surface area (Å²) in [5, 5.41) is 9.27. The van der Waals surface area contributed by atoms with E-state index in [9.17, 15) is 19.5 Å². The Morgan fingerprint density at radius 1 is 1.31 bits per heavy atom. The second-order valence-corrected chi connectivity index (χ2v) is 16.0. The zero-order chi connectivity index (χ0) is 20.0. The van der Waals surface area contributed by atoms with Crippen LogP contribution in [0.15, 0.2) is 9.93 Å². The molecule has 0 aromatic carbocycles. The second-order valence-electron chi connectivity index (χ2n) is 7.84. The van der Waals surface area contributed by atoms with E-state index >= 15 is 0 Å². The first-order valence-electron chi connectivity index (χ1n) is 8.22. The molecule has 146 valence electrons. The molecule has 0 bridgehead atoms. The average Bonchev–Trinajstić information content (AvgIpc) is 2.44. The van der Waals surface area contributed by atoms with Crippen molar-refractivity contribution in [3.05, 3.63) is 9.93 Å². The van der Waals surface area contributed by atoms with E-state index in [2.05, 4.69) is 33.9 Å². The number of carboxylic acid groups (broad SMARTS) is 1. The van der Waals surface area contributed by atoms with Gasteiger partial charge in [0.05, 0.1) is 21.6 Å². The molecule has 6 nitrogen and oxygen atoms in total. The number of hydrogen-bond acceptors (Lipinski definition) is 7. The van der Waals surface area contributed by atoms with Gasteiger partial charge < -0.3 is 9.53 Å². The number of likely N-dealkylation sites (tertiary alicyclic amines) is 1. The van der Waals surface area contributed by atoms with Crippen molar-refractivity contribution in [3.8, 4) is 0 Å². The van der Waals surface area contributed by atoms with Crippen LogP contribution in [-0.2, 0) is 14.0 Å². The first-order valence-corrected chi connectivity index (χ1v) is 14.1. The van der Waals surface area contributed by atoms with Gasteiger partial charge in [-0.1, -0.05) is 20.8 Å². The molecule has 0 aromatic rings. The first-order chi connectivity index (χ1) is 11.8. The van der Waals surface area contributed by atoms with Gasteiger partial charge in [-0.3, -0.25) is 14.5 Å². The number of thioether (sulfide) groups is 3. The van der Waals surface area contributed by atoms with Gasteiger partial charge in [-0.25, -0.2) is 4.79 Å². The maximum Gasteiger partial charge on any atom is 0.354 e. The lowest BCUT2D eigenvalue weighted by atomic mass is 9.92. The molecule has 0 aliphatic carbocycles. The minimum Gasteiger partial charge on any atom is -0.477 e. The van der Waals surface area contributed by atoms with Crippen LogP contribution in [0, 0.1) is 5.92 Å². The Morgan fingerprint density at radius 3 is 2.23 bits per heavy atom. The molecule has 0 saturated carbocycles. The minimum absolute atomic E-state index is 0.0242. The van der Waals surface area contributed by atoms with Gasteiger partial charge in [-0.2, -0.15) is 0 Å². The summed E-state index contributed by atoms with van der Waals surface area (Å²) in [4.78, 5) is 37.0. The molecule has 3 atom stereocenters. The number of β-lactam (4-membered cyclic amide) rings is 1. The van der Waals surface area contributed by atoms with Gasteiger partial charge in [0, 0.05) is 0 Å². The number of carbonyl (C=O) groups excluding carboxylic acids is 2. The molecule has 0 spiro atoms. The maximum absolute atomic E-state index is 12.8. The molecule has 10 heteroatoms. The Morgan fingerprint density at radius 2 is 1.85 bits per heavy atom. The highest BCUT2D eigenvalue weighted by Gasteiger charge is 2.55. The molecular formula is C16H25NO5S3Si. The van der Waals surface area contributed by atoms with Crippen LogP contribution < -0.4 is 0 Å². The van der Waals surface area contributed by atoms with Crippen LogP contribution in [0.25, 0.3) is 0 Å². The molecule has 2 saturated heterocycles. The van der Waals surface area contributed by atoms with E-state index in [1.54, 1.807) is 0 Å². The van der Waals surface area contributed by atoms with Crippen LogP contribution >= 0.6 is 35.3 Å². The highest BCUT2D eigenvalue weighted by molar-refractivity contribution is 8.57. The summed E-state index contributed by atoms with van der Waals surface area (Å²) >= 11 is 3.18. The van der Waals surface area contributed by atoms with E-state index in [-0.39, 0.29) is 38.5 Å². The summed E-state index contributed by atoms with van der Waals surface area (Å²) in [6.45, 7) is 12.6. The Kier molecular flexibility index (Phi) is 6.34. The Hall–Kier alpha value is -0.423. The van der Waals surface area contributed by atoms with Crippen molar-refractivity contribution in [1.29, 1.82) is 0 Å². The summed E-state index contributed by atoms with van der Waals surface area (Å²) in [5.74, 6) is -1.82. The lowest BCUT2D eigenvalue weighted by Gasteiger charge is -2.50. The number of hydrogen-bond donors (Lipinski definition) is 1. The summed E-state index contributed by atoms with van der Waals surface area (Å²) in [6.07, 6.45) is 1.56. The van der Waals surface area contributed by atoms with Crippen molar-refractivity contribution in [2.75, 3.05) is 6.26 Å². The molecule has 2 aliphatic rings. The minimum atomic E-state index is -2.04. The van der Waals surface area contributed by atoms with Gasteiger partial charge in [0.2, 0.25) is 5.91 Å². The molecule has 2 heterocycles. The van der Waals surface area contributed by atoms with Crippen molar-refractivity contribution in [1.82, 2.24) is 4.90 Å². The van der Waals surface area contributed by atoms with Crippen LogP contribution in [-0.4, -0.2) is 52.4 Å². The van der Waals surface area contributed by atoms with Crippen molar-refractivity contribution < 1.29 is 23.9 Å². The van der Waals surface area contributed by atoms with Gasteiger partial charge in [0.25, 0.3) is 4.45 Å². The number of carbonyl (C=O) groups is 3. The molecule has 26 heavy (non-hydrogen) atoms. The van der Waals surface area contributed by atoms with Crippen LogP contribution in [0.4, 0.5) is 4.79 Å². The van der Waals surface area contributed by atoms with Gasteiger partial charge in [0.15, 0.2) is 14.0 Å². The number of aliphatic carboxylic acids is 1. The summed E-state index contributed by atoms with van der Waals surface area (Å²) in [5.41, 5.74) is -0.0836. The van der Waals surface area contributed by atoms with Crippen LogP contribution in [0.3, 0.4) is 0 Å². The Labute approximate surface area is 168 Å². The Balaban J connectivity index is 2.22. The topological polar surface area (TPSA) is 83.9 Å². The zero-order valence-electron chi connectivity index (χ0n) is 16.0. The van der Waals surface area contributed by atoms with E-state index in [1.807, 2.05) is 13.2 Å². The quantitative estimate of drug-likeness (QED) is 0.373. The largest absolute Gasteiger partial charge is 0.477 e. The molecule has 2 aliphatic heterocycles. The number of nitrogens with zero attached hydrogens (tertiary/aromatic N) is 1. The predicted molar refractivity (Wildman–Crippen MR) is 111 cm³/mol. The van der Waals surface area contributed by atoms with Crippen LogP contribution in [0.5, 0.6) is 0 Å². The molecule has 1 N–H and O–H groups in total. The monoisotopic (exact) mass is 435 g/mol. The molecular weight excluding hydrogens is 410 g/mol. The highest BCUT2D eigenvalue weighted by atomic mass is 32.3. The second kappa shape index (κ2) is 7.54. The normalized spacial score (nSPS) is 24.9. The predicted octanol–water partition coefficient (Wildman–Crippen LogP) is 4.40. The van der Waals surface area contributed by atoms with Crippen molar-refractivity contribution >= 4 is 59.9 Å². The molecule has 2 fully saturated rings. The SMILES string of the molecule is CSC1C(C(C)O[Si](C)(C)C(C)(C)C)C(=O)N1C(C(=O)O)=C1SC(=O)S1. The third-order valence-electron chi connectivity index (χ3n) is 5.11. The van der Waals surface area contributed by atoms with Gasteiger partial charge in [-0.05, 0) is 54.8 Å². The molecule has 0 aromatic heterocycles. The summed E-state index contributed by atoms with van der Waals surface area (Å²) < 4.78 is 6.59. The van der Waals surface area contributed by atoms with Gasteiger partial charge in [-0.15, -0.1) is 11.8 Å².